The fraction of sp³-hybridized carbons (Fsp3) is 0.400. The first-order valence-electron chi connectivity index (χ1n) is 9.17. The van der Waals surface area contributed by atoms with E-state index in [-0.39, 0.29) is 43.0 Å². The molecule has 4 amide bonds. The van der Waals surface area contributed by atoms with Crippen LogP contribution in [0.2, 0.25) is 0 Å². The van der Waals surface area contributed by atoms with Crippen molar-refractivity contribution in [2.45, 2.75) is 44.8 Å². The van der Waals surface area contributed by atoms with E-state index in [0.717, 1.165) is 18.9 Å². The summed E-state index contributed by atoms with van der Waals surface area (Å²) in [4.78, 5) is 49.1. The predicted molar refractivity (Wildman–Crippen MR) is 94.8 cm³/mol. The summed E-state index contributed by atoms with van der Waals surface area (Å²) in [5, 5.41) is 4.79. The van der Waals surface area contributed by atoms with Crippen molar-refractivity contribution in [2.75, 3.05) is 0 Å². The monoisotopic (exact) mass is 383 g/mol. The molecule has 1 atom stereocenters. The molecule has 0 bridgehead atoms. The number of nitrogens with zero attached hydrogens (tertiary/aromatic N) is 1. The fourth-order valence-corrected chi connectivity index (χ4v) is 3.39. The number of imide groups is 1. The number of benzene rings is 1. The van der Waals surface area contributed by atoms with Crippen LogP contribution in [0.15, 0.2) is 12.1 Å². The molecule has 3 aliphatic rings. The van der Waals surface area contributed by atoms with Gasteiger partial charge in [-0.05, 0) is 42.9 Å². The molecular formula is C20H18FN3O4. The van der Waals surface area contributed by atoms with Gasteiger partial charge in [-0.3, -0.25) is 24.5 Å². The zero-order valence-corrected chi connectivity index (χ0v) is 15.0. The summed E-state index contributed by atoms with van der Waals surface area (Å²) >= 11 is 0. The molecule has 1 aromatic rings. The number of carbonyl (C=O) groups excluding carboxylic acids is 4. The van der Waals surface area contributed by atoms with Gasteiger partial charge in [0.15, 0.2) is 0 Å². The van der Waals surface area contributed by atoms with Gasteiger partial charge in [0, 0.05) is 36.6 Å². The van der Waals surface area contributed by atoms with E-state index in [9.17, 15) is 23.6 Å². The molecule has 0 aromatic heterocycles. The minimum atomic E-state index is -0.749. The lowest BCUT2D eigenvalue weighted by molar-refractivity contribution is -0.137. The topological polar surface area (TPSA) is 95.6 Å². The smallest absolute Gasteiger partial charge is 0.296 e. The molecule has 7 nitrogen and oxygen atoms in total. The van der Waals surface area contributed by atoms with Crippen molar-refractivity contribution < 1.29 is 23.6 Å². The zero-order chi connectivity index (χ0) is 19.8. The molecule has 2 fully saturated rings. The van der Waals surface area contributed by atoms with Crippen LogP contribution in [0.1, 0.15) is 47.2 Å². The molecule has 1 aliphatic carbocycles. The number of fused-ring (bicyclic) bond motifs is 1. The van der Waals surface area contributed by atoms with Gasteiger partial charge in [0.2, 0.25) is 11.8 Å². The van der Waals surface area contributed by atoms with Gasteiger partial charge in [0.05, 0.1) is 0 Å². The van der Waals surface area contributed by atoms with Crippen molar-refractivity contribution in [3.05, 3.63) is 34.6 Å². The van der Waals surface area contributed by atoms with Gasteiger partial charge in [0.1, 0.15) is 11.9 Å². The maximum atomic E-state index is 14.4. The molecule has 0 radical (unpaired) electrons. The molecule has 144 valence electrons. The molecule has 0 spiro atoms. The van der Waals surface area contributed by atoms with Crippen LogP contribution in [0.25, 0.3) is 0 Å². The number of carbonyl (C=O) groups is 4. The summed E-state index contributed by atoms with van der Waals surface area (Å²) in [5.74, 6) is 3.25. The van der Waals surface area contributed by atoms with Gasteiger partial charge >= 0.3 is 0 Å². The first kappa shape index (κ1) is 18.2. The summed E-state index contributed by atoms with van der Waals surface area (Å²) in [6.45, 7) is 0.118. The van der Waals surface area contributed by atoms with Crippen molar-refractivity contribution in [3.8, 4) is 11.8 Å². The second kappa shape index (κ2) is 7.08. The quantitative estimate of drug-likeness (QED) is 0.591. The van der Waals surface area contributed by atoms with Crippen LogP contribution in [-0.2, 0) is 27.5 Å². The molecule has 1 saturated heterocycles. The van der Waals surface area contributed by atoms with Crippen LogP contribution in [0.5, 0.6) is 0 Å². The molecule has 1 unspecified atom stereocenters. The Morgan fingerprint density at radius 3 is 2.75 bits per heavy atom. The van der Waals surface area contributed by atoms with Crippen molar-refractivity contribution in [1.82, 2.24) is 15.5 Å². The Kier molecular flexibility index (Phi) is 4.59. The summed E-state index contributed by atoms with van der Waals surface area (Å²) in [5.41, 5.74) is 1.04. The number of hydrogen-bond donors (Lipinski definition) is 2. The Bertz CT molecular complexity index is 958. The maximum absolute atomic E-state index is 14.4. The van der Waals surface area contributed by atoms with E-state index < -0.39 is 29.6 Å². The van der Waals surface area contributed by atoms with Gasteiger partial charge in [-0.1, -0.05) is 5.92 Å². The van der Waals surface area contributed by atoms with E-state index in [1.54, 1.807) is 0 Å². The number of rotatable bonds is 3. The van der Waals surface area contributed by atoms with Crippen molar-refractivity contribution in [1.29, 1.82) is 0 Å². The third-order valence-electron chi connectivity index (χ3n) is 5.10. The lowest BCUT2D eigenvalue weighted by Crippen LogP contribution is -2.52. The van der Waals surface area contributed by atoms with E-state index in [4.69, 9.17) is 0 Å². The molecule has 1 aromatic carbocycles. The van der Waals surface area contributed by atoms with Gasteiger partial charge in [0.25, 0.3) is 11.8 Å². The first-order chi connectivity index (χ1) is 13.4. The van der Waals surface area contributed by atoms with E-state index in [0.29, 0.717) is 11.5 Å². The van der Waals surface area contributed by atoms with Crippen LogP contribution in [-0.4, -0.2) is 34.6 Å². The van der Waals surface area contributed by atoms with E-state index in [2.05, 4.69) is 22.5 Å². The molecule has 2 heterocycles. The fourth-order valence-electron chi connectivity index (χ4n) is 3.39. The maximum Gasteiger partial charge on any atom is 0.296 e. The minimum Gasteiger partial charge on any atom is -0.341 e. The average molecular weight is 383 g/mol. The molecular weight excluding hydrogens is 365 g/mol. The second-order valence-electron chi connectivity index (χ2n) is 7.23. The van der Waals surface area contributed by atoms with E-state index >= 15 is 0 Å². The summed E-state index contributed by atoms with van der Waals surface area (Å²) in [6.07, 6.45) is 2.42. The number of halogens is 1. The highest BCUT2D eigenvalue weighted by atomic mass is 19.1. The average Bonchev–Trinajstić information content (AvgIpc) is 3.43. The van der Waals surface area contributed by atoms with Crippen LogP contribution in [0, 0.1) is 23.6 Å². The summed E-state index contributed by atoms with van der Waals surface area (Å²) in [7, 11) is 0. The molecule has 2 aliphatic heterocycles. The molecule has 28 heavy (non-hydrogen) atoms. The molecule has 1 saturated carbocycles. The standard InChI is InChI=1S/C20H18FN3O4/c21-15-8-14-13(7-12(15)9-22-17(25)5-3-11-1-2-11)10-24(20(14)28)16-4-6-18(26)23-19(16)27/h7-8,11,16H,1-2,4,6,9-10H2,(H,22,25)(H,23,26,27). The van der Waals surface area contributed by atoms with Gasteiger partial charge in [-0.25, -0.2) is 4.39 Å². The van der Waals surface area contributed by atoms with Crippen molar-refractivity contribution in [2.24, 2.45) is 5.92 Å². The Morgan fingerprint density at radius 1 is 1.25 bits per heavy atom. The lowest BCUT2D eigenvalue weighted by atomic mass is 10.0. The van der Waals surface area contributed by atoms with Crippen molar-refractivity contribution in [3.63, 3.8) is 0 Å². The molecule has 2 N–H and O–H groups in total. The third-order valence-corrected chi connectivity index (χ3v) is 5.10. The SMILES string of the molecule is O=C(C#CC1CC1)NCc1cc2c(cc1F)C(=O)N(C1CCC(=O)NC1=O)C2. The van der Waals surface area contributed by atoms with Gasteiger partial charge < -0.3 is 10.2 Å². The Labute approximate surface area is 160 Å². The zero-order valence-electron chi connectivity index (χ0n) is 15.0. The van der Waals surface area contributed by atoms with Gasteiger partial charge in [-0.15, -0.1) is 0 Å². The number of piperidine rings is 1. The highest BCUT2D eigenvalue weighted by Crippen LogP contribution is 2.29. The first-order valence-corrected chi connectivity index (χ1v) is 9.17. The second-order valence-corrected chi connectivity index (χ2v) is 7.23. The predicted octanol–water partition coefficient (Wildman–Crippen LogP) is 0.616. The Hall–Kier alpha value is -3.21. The van der Waals surface area contributed by atoms with Crippen LogP contribution in [0.3, 0.4) is 0 Å². The van der Waals surface area contributed by atoms with Crippen LogP contribution >= 0.6 is 0 Å². The summed E-state index contributed by atoms with van der Waals surface area (Å²) in [6, 6.07) is 1.92. The Balaban J connectivity index is 1.46. The third kappa shape index (κ3) is 3.60. The van der Waals surface area contributed by atoms with E-state index in [1.807, 2.05) is 0 Å². The van der Waals surface area contributed by atoms with E-state index in [1.165, 1.54) is 11.0 Å². The molecule has 4 rings (SSSR count). The highest BCUT2D eigenvalue weighted by molar-refractivity contribution is 6.05. The van der Waals surface area contributed by atoms with Crippen LogP contribution in [0.4, 0.5) is 4.39 Å². The number of amides is 4. The lowest BCUT2D eigenvalue weighted by Gasteiger charge is -2.29. The van der Waals surface area contributed by atoms with Gasteiger partial charge in [-0.2, -0.15) is 0 Å². The normalized spacial score (nSPS) is 21.0. The number of hydrogen-bond acceptors (Lipinski definition) is 4. The van der Waals surface area contributed by atoms with Crippen LogP contribution < -0.4 is 10.6 Å². The highest BCUT2D eigenvalue weighted by Gasteiger charge is 2.39. The number of nitrogens with one attached hydrogen (secondary N) is 2. The van der Waals surface area contributed by atoms with Crippen molar-refractivity contribution >= 4 is 23.6 Å². The largest absolute Gasteiger partial charge is 0.341 e. The Morgan fingerprint density at radius 2 is 2.04 bits per heavy atom. The molecule has 8 heteroatoms. The summed E-state index contributed by atoms with van der Waals surface area (Å²) < 4.78 is 14.4. The minimum absolute atomic E-state index is 0.0378.